The van der Waals surface area contributed by atoms with Crippen molar-refractivity contribution in [1.29, 1.82) is 0 Å². The molecule has 4 heteroatoms. The zero-order valence-corrected chi connectivity index (χ0v) is 6.90. The van der Waals surface area contributed by atoms with Gasteiger partial charge in [0.1, 0.15) is 0 Å². The molecule has 0 saturated carbocycles. The fourth-order valence-corrected chi connectivity index (χ4v) is 1.60. The number of nitrogens with zero attached hydrogens (tertiary/aromatic N) is 4. The van der Waals surface area contributed by atoms with E-state index in [2.05, 4.69) is 22.0 Å². The third-order valence-corrected chi connectivity index (χ3v) is 2.30. The third-order valence-electron chi connectivity index (χ3n) is 2.30. The number of likely N-dealkylation sites (tertiary alicyclic amines) is 1. The average molecular weight is 166 g/mol. The fourth-order valence-electron chi connectivity index (χ4n) is 1.60. The van der Waals surface area contributed by atoms with Gasteiger partial charge in [0.15, 0.2) is 0 Å². The van der Waals surface area contributed by atoms with Crippen LogP contribution in [0.4, 0.5) is 0 Å². The van der Waals surface area contributed by atoms with E-state index in [0.29, 0.717) is 12.6 Å². The lowest BCUT2D eigenvalue weighted by molar-refractivity contribution is 0.299. The van der Waals surface area contributed by atoms with Gasteiger partial charge in [-0.15, -0.1) is 0 Å². The van der Waals surface area contributed by atoms with E-state index < -0.39 is 0 Å². The Morgan fingerprint density at radius 2 is 2.64 bits per heavy atom. The van der Waals surface area contributed by atoms with Crippen LogP contribution in [0.25, 0.3) is 10.4 Å². The van der Waals surface area contributed by atoms with Crippen LogP contribution < -0.4 is 0 Å². The molecule has 0 aliphatic carbocycles. The van der Waals surface area contributed by atoms with Crippen LogP contribution in [0.1, 0.15) is 27.8 Å². The third kappa shape index (κ3) is 2.41. The number of hydrogen-bond acceptors (Lipinski definition) is 2. The average Bonchev–Trinajstić information content (AvgIpc) is 2.37. The van der Waals surface area contributed by atoms with Gasteiger partial charge in [0.05, 0.1) is 0 Å². The molecule has 1 aliphatic heterocycles. The van der Waals surface area contributed by atoms with Gasteiger partial charge in [0, 0.05) is 26.1 Å². The monoisotopic (exact) mass is 166 g/mol. The Morgan fingerprint density at radius 1 is 1.82 bits per heavy atom. The molecule has 0 radical (unpaired) electrons. The molecule has 1 unspecified atom stereocenters. The van der Waals surface area contributed by atoms with Crippen molar-refractivity contribution in [2.45, 2.75) is 25.3 Å². The second kappa shape index (κ2) is 4.21. The zero-order chi connectivity index (χ0) is 8.10. The topological polar surface area (TPSA) is 52.0 Å². The number of rotatable bonds is 3. The van der Waals surface area contributed by atoms with Crippen LogP contribution in [-0.4, -0.2) is 31.1 Å². The molecule has 0 amide bonds. The number of hydrogen-bond donors (Lipinski definition) is 0. The maximum Gasteiger partial charge on any atom is 0.0272 e. The van der Waals surface area contributed by atoms with Crippen LogP contribution in [0.5, 0.6) is 0 Å². The highest BCUT2D eigenvalue weighted by molar-refractivity contribution is 4.76. The van der Waals surface area contributed by atoms with Gasteiger partial charge in [-0.3, -0.25) is 0 Å². The molecule has 1 aliphatic rings. The Morgan fingerprint density at radius 3 is 3.18 bits per heavy atom. The van der Waals surface area contributed by atoms with Gasteiger partial charge in [0.2, 0.25) is 0 Å². The summed E-state index contributed by atoms with van der Waals surface area (Å²) in [5, 5.41) is 3.52. The summed E-state index contributed by atoms with van der Waals surface area (Å²) in [5.74, 6) is 0. The van der Waals surface area contributed by atoms with E-state index in [1.54, 1.807) is 0 Å². The smallest absolute Gasteiger partial charge is 0.0272 e. The first kappa shape index (κ1) is 8.37. The molecule has 1 saturated heterocycles. The molecule has 0 N–H and O–H groups in total. The molecular weight excluding hydrogens is 140 g/mol. The fraction of sp³-hybridized carbons (Fsp3) is 1.00. The molecule has 1 fully saturated rings. The van der Waals surface area contributed by atoms with E-state index in [4.69, 9.17) is 5.53 Å². The highest BCUT2D eigenvalue weighted by Crippen LogP contribution is 2.17. The van der Waals surface area contributed by atoms with Crippen molar-refractivity contribution in [3.63, 3.8) is 0 Å². The van der Waals surface area contributed by atoms with Crippen molar-refractivity contribution >= 4 is 0 Å². The summed E-state index contributed by atoms with van der Waals surface area (Å²) >= 11 is 0. The number of azide groups is 1. The van der Waals surface area contributed by atoms with Gasteiger partial charge in [-0.2, -0.15) is 0 Å². The lowest BCUT2D eigenvalue weighted by atomic mass is 10.1. The molecular formula is C7H26N4. The zero-order valence-electron chi connectivity index (χ0n) is 6.90. The molecule has 4 nitrogen and oxygen atoms in total. The first-order valence-electron chi connectivity index (χ1n) is 4.05. The largest absolute Gasteiger partial charge is 0.303 e. The van der Waals surface area contributed by atoms with Crippen molar-refractivity contribution in [3.8, 4) is 0 Å². The quantitative estimate of drug-likeness (QED) is 0.360. The molecule has 11 heavy (non-hydrogen) atoms. The van der Waals surface area contributed by atoms with Crippen LogP contribution in [0.15, 0.2) is 5.11 Å². The molecule has 1 atom stereocenters. The highest BCUT2D eigenvalue weighted by atomic mass is 15.2. The van der Waals surface area contributed by atoms with E-state index in [-0.39, 0.29) is 8.56 Å². The summed E-state index contributed by atoms with van der Waals surface area (Å²) < 4.78 is 0. The minimum Gasteiger partial charge on any atom is -0.303 e. The van der Waals surface area contributed by atoms with Crippen LogP contribution in [0.2, 0.25) is 0 Å². The van der Waals surface area contributed by atoms with Crippen molar-refractivity contribution in [1.82, 2.24) is 4.90 Å². The summed E-state index contributed by atoms with van der Waals surface area (Å²) in [4.78, 5) is 5.07. The first-order chi connectivity index (χ1) is 5.34. The normalized spacial score (nSPS) is 25.0. The van der Waals surface area contributed by atoms with Gasteiger partial charge < -0.3 is 4.90 Å². The Labute approximate surface area is 75.7 Å². The summed E-state index contributed by atoms with van der Waals surface area (Å²) in [5.41, 5.74) is 8.05. The summed E-state index contributed by atoms with van der Waals surface area (Å²) in [6, 6.07) is 0.653. The second-order valence-corrected chi connectivity index (χ2v) is 3.02. The molecule has 1 heterocycles. The highest BCUT2D eigenvalue weighted by Gasteiger charge is 2.19. The van der Waals surface area contributed by atoms with Crippen molar-refractivity contribution in [3.05, 3.63) is 10.4 Å². The van der Waals surface area contributed by atoms with Crippen LogP contribution in [0, 0.1) is 0 Å². The van der Waals surface area contributed by atoms with E-state index in [0.717, 1.165) is 6.42 Å². The van der Waals surface area contributed by atoms with Crippen molar-refractivity contribution in [2.24, 2.45) is 5.11 Å². The minimum atomic E-state index is 0. The van der Waals surface area contributed by atoms with E-state index in [1.165, 1.54) is 19.4 Å². The molecule has 0 spiro atoms. The van der Waals surface area contributed by atoms with Crippen LogP contribution >= 0.6 is 0 Å². The maximum absolute atomic E-state index is 8.05. The van der Waals surface area contributed by atoms with E-state index in [9.17, 15) is 0 Å². The standard InChI is InChI=1S/C7H14N4.6H2/c1-11-6-2-3-7(11)4-5-9-10-8;;;;;;/h7H,2-6H2,1H3;6*1H. The Kier molecular flexibility index (Phi) is 3.20. The SMILES string of the molecule is CN1CCCC1CCN=[N+]=[N-].[HH].[HH].[HH].[HH].[HH].[HH]. The van der Waals surface area contributed by atoms with E-state index >= 15 is 0 Å². The molecule has 0 bridgehead atoms. The summed E-state index contributed by atoms with van der Waals surface area (Å²) in [7, 11) is 2.13. The Hall–Kier alpha value is -0.730. The first-order valence-corrected chi connectivity index (χ1v) is 4.05. The lowest BCUT2D eigenvalue weighted by Crippen LogP contribution is -2.25. The van der Waals surface area contributed by atoms with Crippen LogP contribution in [0.3, 0.4) is 0 Å². The van der Waals surface area contributed by atoms with Gasteiger partial charge >= 0.3 is 0 Å². The lowest BCUT2D eigenvalue weighted by Gasteiger charge is -2.17. The van der Waals surface area contributed by atoms with Crippen LogP contribution in [-0.2, 0) is 0 Å². The Balaban J connectivity index is -0.0000000504. The molecule has 0 aromatic heterocycles. The predicted octanol–water partition coefficient (Wildman–Crippen LogP) is 3.26. The van der Waals surface area contributed by atoms with Gasteiger partial charge in [0.25, 0.3) is 0 Å². The maximum atomic E-state index is 8.05. The molecule has 1 rings (SSSR count). The van der Waals surface area contributed by atoms with Crippen molar-refractivity contribution in [2.75, 3.05) is 20.1 Å². The molecule has 0 aromatic carbocycles. The molecule has 74 valence electrons. The van der Waals surface area contributed by atoms with E-state index in [1.807, 2.05) is 0 Å². The molecule has 0 aromatic rings. The van der Waals surface area contributed by atoms with Gasteiger partial charge in [-0.25, -0.2) is 0 Å². The minimum absolute atomic E-state index is 0. The van der Waals surface area contributed by atoms with Gasteiger partial charge in [-0.05, 0) is 38.4 Å². The van der Waals surface area contributed by atoms with Crippen molar-refractivity contribution < 1.29 is 8.56 Å². The second-order valence-electron chi connectivity index (χ2n) is 3.02. The van der Waals surface area contributed by atoms with Gasteiger partial charge in [-0.1, -0.05) is 5.11 Å². The predicted molar refractivity (Wildman–Crippen MR) is 57.0 cm³/mol. The summed E-state index contributed by atoms with van der Waals surface area (Å²) in [6.07, 6.45) is 3.56. The Bertz CT molecular complexity index is 178. The summed E-state index contributed by atoms with van der Waals surface area (Å²) in [6.45, 7) is 1.84.